The summed E-state index contributed by atoms with van der Waals surface area (Å²) in [6.45, 7) is 2.81. The fraction of sp³-hybridized carbons (Fsp3) is 0.368. The van der Waals surface area contributed by atoms with Crippen LogP contribution in [-0.4, -0.2) is 47.2 Å². The zero-order valence-corrected chi connectivity index (χ0v) is 13.9. The second kappa shape index (κ2) is 6.52. The number of rotatable bonds is 3. The van der Waals surface area contributed by atoms with Crippen LogP contribution >= 0.6 is 0 Å². The summed E-state index contributed by atoms with van der Waals surface area (Å²) in [5.41, 5.74) is 2.29. The van der Waals surface area contributed by atoms with Crippen molar-refractivity contribution in [3.8, 4) is 6.07 Å². The first-order valence-corrected chi connectivity index (χ1v) is 8.62. The molecule has 0 bridgehead atoms. The van der Waals surface area contributed by atoms with Gasteiger partial charge < -0.3 is 9.80 Å². The van der Waals surface area contributed by atoms with Crippen LogP contribution in [-0.2, 0) is 0 Å². The van der Waals surface area contributed by atoms with Crippen LogP contribution in [0.1, 0.15) is 40.4 Å². The first-order valence-electron chi connectivity index (χ1n) is 8.62. The third-order valence-electron chi connectivity index (χ3n) is 4.82. The summed E-state index contributed by atoms with van der Waals surface area (Å²) in [7, 11) is 0. The normalized spacial score (nSPS) is 17.2. The molecule has 126 valence electrons. The van der Waals surface area contributed by atoms with Gasteiger partial charge in [0.05, 0.1) is 17.3 Å². The summed E-state index contributed by atoms with van der Waals surface area (Å²) in [4.78, 5) is 16.6. The van der Waals surface area contributed by atoms with Gasteiger partial charge in [0.1, 0.15) is 0 Å². The number of hydrogen-bond donors (Lipinski definition) is 0. The Morgan fingerprint density at radius 3 is 2.28 bits per heavy atom. The maximum absolute atomic E-state index is 12.6. The zero-order valence-electron chi connectivity index (χ0n) is 13.9. The number of benzene rings is 1. The average Bonchev–Trinajstić information content (AvgIpc) is 3.53. The van der Waals surface area contributed by atoms with E-state index in [9.17, 15) is 4.79 Å². The number of carbonyl (C=O) groups is 1. The van der Waals surface area contributed by atoms with Crippen LogP contribution in [0.3, 0.4) is 0 Å². The fourth-order valence-corrected chi connectivity index (χ4v) is 3.11. The molecule has 4 rings (SSSR count). The summed E-state index contributed by atoms with van der Waals surface area (Å²) >= 11 is 0. The van der Waals surface area contributed by atoms with E-state index in [1.807, 2.05) is 11.0 Å². The number of nitrogens with zero attached hydrogens (tertiary/aromatic N) is 5. The molecule has 1 aromatic heterocycles. The molecule has 2 fully saturated rings. The molecule has 1 saturated carbocycles. The standard InChI is InChI=1S/C19H19N5O/c20-13-14-1-3-16(4-2-14)19(25)24-11-9-23(10-12-24)18-8-7-17(21-22-18)15-5-6-15/h1-4,7-8,15H,5-6,9-12H2. The number of hydrogen-bond acceptors (Lipinski definition) is 5. The Morgan fingerprint density at radius 2 is 1.72 bits per heavy atom. The van der Waals surface area contributed by atoms with Crippen LogP contribution in [0.25, 0.3) is 0 Å². The maximum Gasteiger partial charge on any atom is 0.253 e. The largest absolute Gasteiger partial charge is 0.352 e. The van der Waals surface area contributed by atoms with Gasteiger partial charge in [0, 0.05) is 37.7 Å². The minimum absolute atomic E-state index is 0.0132. The molecule has 0 spiro atoms. The lowest BCUT2D eigenvalue weighted by atomic mass is 10.1. The number of piperazine rings is 1. The number of amides is 1. The number of aromatic nitrogens is 2. The van der Waals surface area contributed by atoms with Crippen molar-refractivity contribution >= 4 is 11.7 Å². The Labute approximate surface area is 146 Å². The van der Waals surface area contributed by atoms with Gasteiger partial charge in [0.25, 0.3) is 5.91 Å². The lowest BCUT2D eigenvalue weighted by Gasteiger charge is -2.35. The van der Waals surface area contributed by atoms with E-state index in [4.69, 9.17) is 5.26 Å². The highest BCUT2D eigenvalue weighted by atomic mass is 16.2. The second-order valence-corrected chi connectivity index (χ2v) is 6.56. The molecule has 1 aromatic carbocycles. The summed E-state index contributed by atoms with van der Waals surface area (Å²) in [5.74, 6) is 1.51. The van der Waals surface area contributed by atoms with Gasteiger partial charge in [-0.05, 0) is 49.2 Å². The van der Waals surface area contributed by atoms with Crippen molar-refractivity contribution in [1.29, 1.82) is 5.26 Å². The van der Waals surface area contributed by atoms with E-state index in [1.165, 1.54) is 12.8 Å². The number of nitriles is 1. The van der Waals surface area contributed by atoms with E-state index in [-0.39, 0.29) is 5.91 Å². The molecule has 1 aliphatic carbocycles. The van der Waals surface area contributed by atoms with Crippen molar-refractivity contribution in [3.63, 3.8) is 0 Å². The molecule has 25 heavy (non-hydrogen) atoms. The lowest BCUT2D eigenvalue weighted by Crippen LogP contribution is -2.49. The maximum atomic E-state index is 12.6. The van der Waals surface area contributed by atoms with Crippen molar-refractivity contribution < 1.29 is 4.79 Å². The van der Waals surface area contributed by atoms with Gasteiger partial charge in [-0.25, -0.2) is 0 Å². The van der Waals surface area contributed by atoms with Crippen molar-refractivity contribution in [3.05, 3.63) is 53.2 Å². The van der Waals surface area contributed by atoms with E-state index >= 15 is 0 Å². The minimum Gasteiger partial charge on any atom is -0.352 e. The highest BCUT2D eigenvalue weighted by molar-refractivity contribution is 5.94. The molecule has 0 unspecified atom stereocenters. The van der Waals surface area contributed by atoms with Crippen molar-refractivity contribution in [2.75, 3.05) is 31.1 Å². The molecule has 1 amide bonds. The van der Waals surface area contributed by atoms with E-state index in [0.29, 0.717) is 30.1 Å². The predicted molar refractivity (Wildman–Crippen MR) is 93.3 cm³/mol. The van der Waals surface area contributed by atoms with Gasteiger partial charge >= 0.3 is 0 Å². The van der Waals surface area contributed by atoms with E-state index < -0.39 is 0 Å². The first-order chi connectivity index (χ1) is 12.2. The molecule has 2 heterocycles. The molecular formula is C19H19N5O. The van der Waals surface area contributed by atoms with Crippen molar-refractivity contribution in [2.45, 2.75) is 18.8 Å². The number of anilines is 1. The molecule has 0 atom stereocenters. The smallest absolute Gasteiger partial charge is 0.253 e. The summed E-state index contributed by atoms with van der Waals surface area (Å²) < 4.78 is 0. The Hall–Kier alpha value is -2.94. The van der Waals surface area contributed by atoms with Crippen LogP contribution < -0.4 is 4.90 Å². The second-order valence-electron chi connectivity index (χ2n) is 6.56. The van der Waals surface area contributed by atoms with Gasteiger partial charge in [-0.1, -0.05) is 0 Å². The van der Waals surface area contributed by atoms with Crippen LogP contribution in [0.4, 0.5) is 5.82 Å². The van der Waals surface area contributed by atoms with Gasteiger partial charge in [-0.3, -0.25) is 4.79 Å². The van der Waals surface area contributed by atoms with Gasteiger partial charge in [0.15, 0.2) is 5.82 Å². The average molecular weight is 333 g/mol. The van der Waals surface area contributed by atoms with E-state index in [0.717, 1.165) is 24.6 Å². The quantitative estimate of drug-likeness (QED) is 0.861. The molecule has 1 aliphatic heterocycles. The van der Waals surface area contributed by atoms with Crippen LogP contribution in [0.15, 0.2) is 36.4 Å². The monoisotopic (exact) mass is 333 g/mol. The van der Waals surface area contributed by atoms with Gasteiger partial charge in [-0.15, -0.1) is 5.10 Å². The zero-order chi connectivity index (χ0) is 17.2. The minimum atomic E-state index is 0.0132. The highest BCUT2D eigenvalue weighted by Gasteiger charge is 2.26. The highest BCUT2D eigenvalue weighted by Crippen LogP contribution is 2.38. The lowest BCUT2D eigenvalue weighted by molar-refractivity contribution is 0.0746. The van der Waals surface area contributed by atoms with Crippen molar-refractivity contribution in [1.82, 2.24) is 15.1 Å². The summed E-state index contributed by atoms with van der Waals surface area (Å²) in [6.07, 6.45) is 2.45. The Bertz CT molecular complexity index is 797. The third kappa shape index (κ3) is 3.31. The van der Waals surface area contributed by atoms with Gasteiger partial charge in [0.2, 0.25) is 0 Å². The van der Waals surface area contributed by atoms with Crippen molar-refractivity contribution in [2.24, 2.45) is 0 Å². The fourth-order valence-electron chi connectivity index (χ4n) is 3.11. The van der Waals surface area contributed by atoms with Crippen LogP contribution in [0, 0.1) is 11.3 Å². The molecule has 6 heteroatoms. The van der Waals surface area contributed by atoms with Crippen LogP contribution in [0.2, 0.25) is 0 Å². The molecule has 0 N–H and O–H groups in total. The Kier molecular flexibility index (Phi) is 4.06. The molecular weight excluding hydrogens is 314 g/mol. The summed E-state index contributed by atoms with van der Waals surface area (Å²) in [6, 6.07) is 13.0. The van der Waals surface area contributed by atoms with Crippen LogP contribution in [0.5, 0.6) is 0 Å². The molecule has 6 nitrogen and oxygen atoms in total. The topological polar surface area (TPSA) is 73.1 Å². The SMILES string of the molecule is N#Cc1ccc(C(=O)N2CCN(c3ccc(C4CC4)nn3)CC2)cc1. The van der Waals surface area contributed by atoms with E-state index in [2.05, 4.69) is 27.2 Å². The molecule has 2 aromatic rings. The Morgan fingerprint density at radius 1 is 1.00 bits per heavy atom. The predicted octanol–water partition coefficient (Wildman–Crippen LogP) is 2.19. The van der Waals surface area contributed by atoms with Gasteiger partial charge in [-0.2, -0.15) is 10.4 Å². The van der Waals surface area contributed by atoms with E-state index in [1.54, 1.807) is 24.3 Å². The first kappa shape index (κ1) is 15.6. The number of carbonyl (C=O) groups excluding carboxylic acids is 1. The third-order valence-corrected chi connectivity index (χ3v) is 4.82. The molecule has 1 saturated heterocycles. The summed E-state index contributed by atoms with van der Waals surface area (Å²) in [5, 5.41) is 17.5. The molecule has 2 aliphatic rings. The Balaban J connectivity index is 1.37. The molecule has 0 radical (unpaired) electrons.